The molecule has 3 fully saturated rings. The zero-order valence-corrected chi connectivity index (χ0v) is 16.0. The number of rotatable bonds is 5. The lowest BCUT2D eigenvalue weighted by Crippen LogP contribution is -2.42. The summed E-state index contributed by atoms with van der Waals surface area (Å²) in [6.45, 7) is 3.09. The van der Waals surface area contributed by atoms with Crippen molar-refractivity contribution < 1.29 is 19.1 Å². The number of carbonyl (C=O) groups excluding carboxylic acids is 2. The summed E-state index contributed by atoms with van der Waals surface area (Å²) in [6.07, 6.45) is 5.85. The quantitative estimate of drug-likeness (QED) is 0.797. The summed E-state index contributed by atoms with van der Waals surface area (Å²) in [6, 6.07) is 5.45. The van der Waals surface area contributed by atoms with E-state index in [1.165, 1.54) is 0 Å². The number of hydrogen-bond donors (Lipinski definition) is 0. The van der Waals surface area contributed by atoms with Crippen LogP contribution in [0.2, 0.25) is 0 Å². The lowest BCUT2D eigenvalue weighted by atomic mass is 10.1. The smallest absolute Gasteiger partial charge is 0.257 e. The molecule has 0 aromatic heterocycles. The van der Waals surface area contributed by atoms with Gasteiger partial charge in [0.05, 0.1) is 12.7 Å². The van der Waals surface area contributed by atoms with Crippen LogP contribution in [0.25, 0.3) is 0 Å². The van der Waals surface area contributed by atoms with Gasteiger partial charge in [-0.05, 0) is 43.9 Å². The minimum atomic E-state index is 0.0164. The van der Waals surface area contributed by atoms with Crippen molar-refractivity contribution in [2.75, 3.05) is 33.3 Å². The van der Waals surface area contributed by atoms with Crippen LogP contribution < -0.4 is 9.47 Å². The van der Waals surface area contributed by atoms with E-state index in [-0.39, 0.29) is 17.9 Å². The summed E-state index contributed by atoms with van der Waals surface area (Å²) in [5.41, 5.74) is 0.577. The Morgan fingerprint density at radius 1 is 0.963 bits per heavy atom. The van der Waals surface area contributed by atoms with E-state index in [0.29, 0.717) is 23.0 Å². The Hall–Kier alpha value is -2.24. The van der Waals surface area contributed by atoms with Gasteiger partial charge in [0.2, 0.25) is 5.91 Å². The Bertz CT molecular complexity index is 702. The van der Waals surface area contributed by atoms with Gasteiger partial charge >= 0.3 is 0 Å². The highest BCUT2D eigenvalue weighted by atomic mass is 16.5. The zero-order chi connectivity index (χ0) is 18.8. The fourth-order valence-electron chi connectivity index (χ4n) is 3.96. The van der Waals surface area contributed by atoms with Gasteiger partial charge in [-0.15, -0.1) is 0 Å². The van der Waals surface area contributed by atoms with Crippen molar-refractivity contribution in [1.29, 1.82) is 0 Å². The molecule has 1 aliphatic carbocycles. The molecule has 2 saturated heterocycles. The molecule has 2 amide bonds. The molecule has 2 aliphatic heterocycles. The van der Waals surface area contributed by atoms with Crippen LogP contribution in [0.1, 0.15) is 48.9 Å². The van der Waals surface area contributed by atoms with Crippen LogP contribution >= 0.6 is 0 Å². The third kappa shape index (κ3) is 4.04. The summed E-state index contributed by atoms with van der Waals surface area (Å²) in [5, 5.41) is 0. The summed E-state index contributed by atoms with van der Waals surface area (Å²) in [4.78, 5) is 29.0. The summed E-state index contributed by atoms with van der Waals surface area (Å²) < 4.78 is 11.5. The fourth-order valence-corrected chi connectivity index (χ4v) is 3.96. The molecule has 0 unspecified atom stereocenters. The molecule has 2 heterocycles. The first-order valence-electron chi connectivity index (χ1n) is 10.1. The monoisotopic (exact) mass is 372 g/mol. The Labute approximate surface area is 160 Å². The van der Waals surface area contributed by atoms with Gasteiger partial charge in [-0.3, -0.25) is 9.59 Å². The van der Waals surface area contributed by atoms with E-state index in [1.807, 2.05) is 21.9 Å². The number of nitrogens with zero attached hydrogens (tertiary/aromatic N) is 2. The maximum absolute atomic E-state index is 12.9. The highest BCUT2D eigenvalue weighted by Crippen LogP contribution is 2.33. The number of ether oxygens (including phenoxy) is 2. The molecule has 0 N–H and O–H groups in total. The first kappa shape index (κ1) is 18.1. The number of likely N-dealkylation sites (tertiary alicyclic amines) is 2. The van der Waals surface area contributed by atoms with E-state index in [2.05, 4.69) is 0 Å². The lowest BCUT2D eigenvalue weighted by molar-refractivity contribution is -0.134. The topological polar surface area (TPSA) is 59.1 Å². The predicted octanol–water partition coefficient (Wildman–Crippen LogP) is 2.71. The average Bonchev–Trinajstić information content (AvgIpc) is 3.41. The van der Waals surface area contributed by atoms with Crippen LogP contribution in [0.3, 0.4) is 0 Å². The molecule has 6 nitrogen and oxygen atoms in total. The number of benzene rings is 1. The molecule has 4 rings (SSSR count). The zero-order valence-electron chi connectivity index (χ0n) is 16.0. The number of piperidine rings is 1. The molecule has 0 radical (unpaired) electrons. The van der Waals surface area contributed by atoms with E-state index in [4.69, 9.17) is 9.47 Å². The van der Waals surface area contributed by atoms with E-state index in [0.717, 1.165) is 64.7 Å². The normalized spacial score (nSPS) is 20.6. The van der Waals surface area contributed by atoms with Crippen molar-refractivity contribution in [2.45, 2.75) is 44.6 Å². The molecule has 0 atom stereocenters. The van der Waals surface area contributed by atoms with Crippen LogP contribution in [0.4, 0.5) is 0 Å². The van der Waals surface area contributed by atoms with Crippen molar-refractivity contribution >= 4 is 11.8 Å². The summed E-state index contributed by atoms with van der Waals surface area (Å²) in [5.74, 6) is 1.88. The van der Waals surface area contributed by atoms with Gasteiger partial charge in [0.25, 0.3) is 5.91 Å². The highest BCUT2D eigenvalue weighted by molar-refractivity contribution is 5.97. The fraction of sp³-hybridized carbons (Fsp3) is 0.619. The third-order valence-electron chi connectivity index (χ3n) is 5.78. The maximum atomic E-state index is 12.9. The van der Waals surface area contributed by atoms with E-state index in [9.17, 15) is 9.59 Å². The second-order valence-corrected chi connectivity index (χ2v) is 7.78. The van der Waals surface area contributed by atoms with Crippen LogP contribution in [0, 0.1) is 5.92 Å². The second-order valence-electron chi connectivity index (χ2n) is 7.78. The van der Waals surface area contributed by atoms with Crippen molar-refractivity contribution in [3.8, 4) is 11.5 Å². The summed E-state index contributed by atoms with van der Waals surface area (Å²) in [7, 11) is 1.60. The number of amides is 2. The Kier molecular flexibility index (Phi) is 5.23. The predicted molar refractivity (Wildman–Crippen MR) is 101 cm³/mol. The van der Waals surface area contributed by atoms with Gasteiger partial charge in [0.15, 0.2) is 0 Å². The van der Waals surface area contributed by atoms with Crippen molar-refractivity contribution in [2.24, 2.45) is 5.92 Å². The van der Waals surface area contributed by atoms with Gasteiger partial charge in [-0.1, -0.05) is 0 Å². The number of hydrogen-bond acceptors (Lipinski definition) is 4. The second kappa shape index (κ2) is 7.79. The first-order valence-corrected chi connectivity index (χ1v) is 10.1. The number of carbonyl (C=O) groups is 2. The summed E-state index contributed by atoms with van der Waals surface area (Å²) >= 11 is 0. The molecule has 1 aromatic carbocycles. The molecule has 27 heavy (non-hydrogen) atoms. The molecular weight excluding hydrogens is 344 g/mol. The first-order chi connectivity index (χ1) is 13.2. The lowest BCUT2D eigenvalue weighted by Gasteiger charge is -2.33. The molecular formula is C21H28N2O4. The molecule has 0 spiro atoms. The van der Waals surface area contributed by atoms with E-state index in [1.54, 1.807) is 13.2 Å². The standard InChI is InChI=1S/C21H28N2O4/c1-26-17-6-7-19(18(14-17)21(25)22-10-2-3-11-22)27-16-8-12-23(13-9-16)20(24)15-4-5-15/h6-7,14-16H,2-5,8-13H2,1H3. The van der Waals surface area contributed by atoms with Crippen LogP contribution in [-0.2, 0) is 4.79 Å². The highest BCUT2D eigenvalue weighted by Gasteiger charge is 2.35. The molecule has 3 aliphatic rings. The van der Waals surface area contributed by atoms with Crippen molar-refractivity contribution in [1.82, 2.24) is 9.80 Å². The number of methoxy groups -OCH3 is 1. The Morgan fingerprint density at radius 2 is 1.67 bits per heavy atom. The molecule has 146 valence electrons. The van der Waals surface area contributed by atoms with Gasteiger partial charge < -0.3 is 19.3 Å². The minimum absolute atomic E-state index is 0.0164. The van der Waals surface area contributed by atoms with E-state index >= 15 is 0 Å². The largest absolute Gasteiger partial charge is 0.497 e. The minimum Gasteiger partial charge on any atom is -0.497 e. The van der Waals surface area contributed by atoms with E-state index < -0.39 is 0 Å². The third-order valence-corrected chi connectivity index (χ3v) is 5.78. The molecule has 0 bridgehead atoms. The van der Waals surface area contributed by atoms with Crippen molar-refractivity contribution in [3.05, 3.63) is 23.8 Å². The van der Waals surface area contributed by atoms with Gasteiger partial charge in [-0.25, -0.2) is 0 Å². The van der Waals surface area contributed by atoms with Crippen LogP contribution in [0.15, 0.2) is 18.2 Å². The Morgan fingerprint density at radius 3 is 2.30 bits per heavy atom. The van der Waals surface area contributed by atoms with Crippen LogP contribution in [0.5, 0.6) is 11.5 Å². The molecule has 1 aromatic rings. The molecule has 1 saturated carbocycles. The Balaban J connectivity index is 1.43. The molecule has 6 heteroatoms. The average molecular weight is 372 g/mol. The maximum Gasteiger partial charge on any atom is 0.257 e. The van der Waals surface area contributed by atoms with Gasteiger partial charge in [0.1, 0.15) is 17.6 Å². The SMILES string of the molecule is COc1ccc(OC2CCN(C(=O)C3CC3)CC2)c(C(=O)N2CCCC2)c1. The van der Waals surface area contributed by atoms with Crippen molar-refractivity contribution in [3.63, 3.8) is 0 Å². The van der Waals surface area contributed by atoms with Crippen LogP contribution in [-0.4, -0.2) is 61.0 Å². The van der Waals surface area contributed by atoms with Gasteiger partial charge in [-0.2, -0.15) is 0 Å². The van der Waals surface area contributed by atoms with Gasteiger partial charge in [0, 0.05) is 44.9 Å².